The summed E-state index contributed by atoms with van der Waals surface area (Å²) in [6.07, 6.45) is -10.9. The van der Waals surface area contributed by atoms with Gasteiger partial charge < -0.3 is 14.4 Å². The minimum atomic E-state index is -5.04. The van der Waals surface area contributed by atoms with Crippen molar-refractivity contribution in [1.82, 2.24) is 0 Å². The lowest BCUT2D eigenvalue weighted by Crippen LogP contribution is -2.41. The molecule has 1 heterocycles. The molecular formula is C17H19BF6O4. The van der Waals surface area contributed by atoms with Crippen LogP contribution in [0, 0.1) is 0 Å². The fourth-order valence-corrected chi connectivity index (χ4v) is 2.81. The first kappa shape index (κ1) is 22.5. The average Bonchev–Trinajstić information content (AvgIpc) is 2.70. The standard InChI is InChI=1S/C17H19BF6O4/c1-14(2)15(3,4)28-18(27-14)12(8-13(25)26)9-5-10(16(19,20)21)7-11(6-9)17(22,23)24/h5-7,12H,8H2,1-4H3,(H,25,26). The lowest BCUT2D eigenvalue weighted by atomic mass is 9.65. The Morgan fingerprint density at radius 1 is 0.964 bits per heavy atom. The van der Waals surface area contributed by atoms with Crippen LogP contribution >= 0.6 is 0 Å². The van der Waals surface area contributed by atoms with Gasteiger partial charge in [0.15, 0.2) is 0 Å². The quantitative estimate of drug-likeness (QED) is 0.564. The Hall–Kier alpha value is -1.75. The van der Waals surface area contributed by atoms with E-state index in [-0.39, 0.29) is 6.07 Å². The molecular weight excluding hydrogens is 393 g/mol. The molecule has 2 rings (SSSR count). The Kier molecular flexibility index (Phi) is 5.59. The van der Waals surface area contributed by atoms with Crippen LogP contribution in [0.25, 0.3) is 0 Å². The van der Waals surface area contributed by atoms with Crippen molar-refractivity contribution in [3.8, 4) is 0 Å². The van der Waals surface area contributed by atoms with E-state index in [9.17, 15) is 31.1 Å². The molecule has 0 saturated carbocycles. The number of hydrogen-bond donors (Lipinski definition) is 1. The van der Waals surface area contributed by atoms with E-state index in [1.165, 1.54) is 0 Å². The van der Waals surface area contributed by atoms with Crippen LogP contribution in [0.1, 0.15) is 56.6 Å². The van der Waals surface area contributed by atoms with Crippen LogP contribution in [0.15, 0.2) is 18.2 Å². The van der Waals surface area contributed by atoms with Crippen molar-refractivity contribution in [2.45, 2.75) is 63.5 Å². The molecule has 0 bridgehead atoms. The second kappa shape index (κ2) is 6.94. The monoisotopic (exact) mass is 412 g/mol. The highest BCUT2D eigenvalue weighted by Gasteiger charge is 2.54. The second-order valence-corrected chi connectivity index (χ2v) is 7.67. The summed E-state index contributed by atoms with van der Waals surface area (Å²) in [5.41, 5.74) is -5.40. The Labute approximate surface area is 158 Å². The SMILES string of the molecule is CC1(C)OB(C(CC(=O)O)c2cc(C(F)(F)F)cc(C(F)(F)F)c2)OC1(C)C. The number of carbonyl (C=O) groups is 1. The van der Waals surface area contributed by atoms with Crippen LogP contribution < -0.4 is 0 Å². The number of benzene rings is 1. The molecule has 0 aliphatic carbocycles. The van der Waals surface area contributed by atoms with Crippen LogP contribution in [0.5, 0.6) is 0 Å². The van der Waals surface area contributed by atoms with Gasteiger partial charge in [0.2, 0.25) is 0 Å². The van der Waals surface area contributed by atoms with Crippen molar-refractivity contribution >= 4 is 13.1 Å². The Morgan fingerprint density at radius 3 is 1.68 bits per heavy atom. The van der Waals surface area contributed by atoms with Gasteiger partial charge in [-0.05, 0) is 51.5 Å². The minimum Gasteiger partial charge on any atom is -0.481 e. The van der Waals surface area contributed by atoms with Gasteiger partial charge in [-0.2, -0.15) is 26.3 Å². The first-order valence-electron chi connectivity index (χ1n) is 8.31. The molecule has 28 heavy (non-hydrogen) atoms. The number of carboxylic acids is 1. The summed E-state index contributed by atoms with van der Waals surface area (Å²) in [5, 5.41) is 9.17. The first-order chi connectivity index (χ1) is 12.4. The second-order valence-electron chi connectivity index (χ2n) is 7.67. The molecule has 1 aromatic rings. The molecule has 1 aromatic carbocycles. The Bertz CT molecular complexity index is 709. The molecule has 1 atom stereocenters. The normalized spacial score (nSPS) is 20.3. The number of rotatable bonds is 4. The summed E-state index contributed by atoms with van der Waals surface area (Å²) >= 11 is 0. The summed E-state index contributed by atoms with van der Waals surface area (Å²) in [7, 11) is -1.33. The van der Waals surface area contributed by atoms with Gasteiger partial charge in [0.1, 0.15) is 0 Å². The molecule has 156 valence electrons. The van der Waals surface area contributed by atoms with Gasteiger partial charge in [-0.15, -0.1) is 0 Å². The van der Waals surface area contributed by atoms with Gasteiger partial charge in [-0.25, -0.2) is 0 Å². The Morgan fingerprint density at radius 2 is 1.36 bits per heavy atom. The molecule has 1 aliphatic rings. The lowest BCUT2D eigenvalue weighted by molar-refractivity contribution is -0.143. The summed E-state index contributed by atoms with van der Waals surface area (Å²) in [5.74, 6) is -2.78. The van der Waals surface area contributed by atoms with Crippen molar-refractivity contribution in [3.63, 3.8) is 0 Å². The fourth-order valence-electron chi connectivity index (χ4n) is 2.81. The lowest BCUT2D eigenvalue weighted by Gasteiger charge is -2.32. The molecule has 1 N–H and O–H groups in total. The molecule has 0 amide bonds. The van der Waals surface area contributed by atoms with E-state index in [1.807, 2.05) is 0 Å². The van der Waals surface area contributed by atoms with Gasteiger partial charge >= 0.3 is 25.4 Å². The van der Waals surface area contributed by atoms with Crippen molar-refractivity contribution in [1.29, 1.82) is 0 Å². The van der Waals surface area contributed by atoms with Crippen LogP contribution in [0.2, 0.25) is 0 Å². The molecule has 1 fully saturated rings. The summed E-state index contributed by atoms with van der Waals surface area (Å²) in [4.78, 5) is 11.3. The first-order valence-corrected chi connectivity index (χ1v) is 8.31. The third-order valence-corrected chi connectivity index (χ3v) is 5.03. The molecule has 1 aliphatic heterocycles. The fraction of sp³-hybridized carbons (Fsp3) is 0.588. The number of halogens is 6. The number of hydrogen-bond acceptors (Lipinski definition) is 3. The average molecular weight is 412 g/mol. The van der Waals surface area contributed by atoms with Crippen LogP contribution in [0.3, 0.4) is 0 Å². The molecule has 0 spiro atoms. The van der Waals surface area contributed by atoms with E-state index >= 15 is 0 Å². The molecule has 1 saturated heterocycles. The van der Waals surface area contributed by atoms with Gasteiger partial charge in [-0.1, -0.05) is 0 Å². The maximum atomic E-state index is 13.1. The third-order valence-electron chi connectivity index (χ3n) is 5.03. The van der Waals surface area contributed by atoms with Crippen molar-refractivity contribution in [2.24, 2.45) is 0 Å². The summed E-state index contributed by atoms with van der Waals surface area (Å²) < 4.78 is 90.2. The van der Waals surface area contributed by atoms with E-state index < -0.39 is 65.6 Å². The van der Waals surface area contributed by atoms with Crippen LogP contribution in [-0.2, 0) is 26.5 Å². The van der Waals surface area contributed by atoms with Gasteiger partial charge in [0.25, 0.3) is 0 Å². The highest BCUT2D eigenvalue weighted by Crippen LogP contribution is 2.44. The van der Waals surface area contributed by atoms with Crippen LogP contribution in [-0.4, -0.2) is 29.4 Å². The maximum absolute atomic E-state index is 13.1. The maximum Gasteiger partial charge on any atom is 0.466 e. The zero-order valence-electron chi connectivity index (χ0n) is 15.5. The van der Waals surface area contributed by atoms with E-state index in [4.69, 9.17) is 14.4 Å². The minimum absolute atomic E-state index is 0.00837. The van der Waals surface area contributed by atoms with E-state index in [2.05, 4.69) is 0 Å². The Balaban J connectivity index is 2.59. The van der Waals surface area contributed by atoms with Crippen molar-refractivity contribution in [2.75, 3.05) is 0 Å². The number of alkyl halides is 6. The largest absolute Gasteiger partial charge is 0.481 e. The highest BCUT2D eigenvalue weighted by atomic mass is 19.4. The predicted molar refractivity (Wildman–Crippen MR) is 87.5 cm³/mol. The predicted octanol–water partition coefficient (Wildman–Crippen LogP) is 4.91. The number of aliphatic carboxylic acids is 1. The molecule has 1 unspecified atom stereocenters. The number of carboxylic acid groups (broad SMARTS) is 1. The highest BCUT2D eigenvalue weighted by molar-refractivity contribution is 6.48. The van der Waals surface area contributed by atoms with Gasteiger partial charge in [0.05, 0.1) is 28.7 Å². The van der Waals surface area contributed by atoms with Gasteiger partial charge in [-0.3, -0.25) is 4.79 Å². The molecule has 11 heteroatoms. The topological polar surface area (TPSA) is 55.8 Å². The molecule has 4 nitrogen and oxygen atoms in total. The van der Waals surface area contributed by atoms with Crippen molar-refractivity contribution < 1.29 is 45.6 Å². The molecule has 0 aromatic heterocycles. The summed E-state index contributed by atoms with van der Waals surface area (Å²) in [6, 6.07) is 1.01. The zero-order chi connectivity index (χ0) is 21.7. The summed E-state index contributed by atoms with van der Waals surface area (Å²) in [6.45, 7) is 6.55. The van der Waals surface area contributed by atoms with E-state index in [0.717, 1.165) is 0 Å². The third kappa shape index (κ3) is 4.62. The van der Waals surface area contributed by atoms with E-state index in [1.54, 1.807) is 27.7 Å². The van der Waals surface area contributed by atoms with Crippen molar-refractivity contribution in [3.05, 3.63) is 34.9 Å². The zero-order valence-corrected chi connectivity index (χ0v) is 15.5. The van der Waals surface area contributed by atoms with Gasteiger partial charge in [0, 0.05) is 5.82 Å². The van der Waals surface area contributed by atoms with E-state index in [0.29, 0.717) is 12.1 Å². The smallest absolute Gasteiger partial charge is 0.466 e. The molecule has 0 radical (unpaired) electrons. The van der Waals surface area contributed by atoms with Crippen LogP contribution in [0.4, 0.5) is 26.3 Å².